The van der Waals surface area contributed by atoms with Gasteiger partial charge in [0, 0.05) is 15.8 Å². The number of aryl methyl sites for hydroxylation is 2. The van der Waals surface area contributed by atoms with Crippen LogP contribution in [0.3, 0.4) is 0 Å². The molecule has 0 atom stereocenters. The molecule has 1 fully saturated rings. The Morgan fingerprint density at radius 2 is 1.67 bits per heavy atom. The van der Waals surface area contributed by atoms with E-state index in [0.717, 1.165) is 30.6 Å². The Balaban J connectivity index is 1.74. The number of nitrogens with one attached hydrogen (secondary N) is 1. The van der Waals surface area contributed by atoms with Gasteiger partial charge in [0.1, 0.15) is 0 Å². The molecule has 24 heavy (non-hydrogen) atoms. The zero-order chi connectivity index (χ0) is 17.2. The van der Waals surface area contributed by atoms with E-state index in [9.17, 15) is 8.42 Å². The first kappa shape index (κ1) is 17.5. The van der Waals surface area contributed by atoms with Gasteiger partial charge in [0.15, 0.2) is 0 Å². The van der Waals surface area contributed by atoms with Crippen molar-refractivity contribution >= 4 is 21.8 Å². The van der Waals surface area contributed by atoms with Crippen LogP contribution in [-0.4, -0.2) is 14.5 Å². The Morgan fingerprint density at radius 1 is 1.00 bits per heavy atom. The van der Waals surface area contributed by atoms with Gasteiger partial charge in [-0.1, -0.05) is 36.7 Å². The van der Waals surface area contributed by atoms with E-state index < -0.39 is 10.0 Å². The molecule has 1 aliphatic carbocycles. The highest BCUT2D eigenvalue weighted by Gasteiger charge is 2.22. The van der Waals surface area contributed by atoms with E-state index in [1.54, 1.807) is 23.9 Å². The lowest BCUT2D eigenvalue weighted by atomic mass is 10.2. The third-order valence-electron chi connectivity index (χ3n) is 4.38. The average Bonchev–Trinajstić information content (AvgIpc) is 3.04. The van der Waals surface area contributed by atoms with Crippen LogP contribution in [0.25, 0.3) is 0 Å². The van der Waals surface area contributed by atoms with E-state index >= 15 is 0 Å². The van der Waals surface area contributed by atoms with Gasteiger partial charge in [-0.2, -0.15) is 0 Å². The van der Waals surface area contributed by atoms with Crippen LogP contribution in [-0.2, 0) is 10.0 Å². The van der Waals surface area contributed by atoms with Gasteiger partial charge in [-0.05, 0) is 68.1 Å². The van der Waals surface area contributed by atoms with Crippen LogP contribution in [0.5, 0.6) is 0 Å². The molecule has 0 unspecified atom stereocenters. The Hall–Kier alpha value is -1.30. The molecule has 0 saturated heterocycles. The van der Waals surface area contributed by atoms with Gasteiger partial charge >= 0.3 is 0 Å². The number of hydrogen-bond donors (Lipinski definition) is 1. The van der Waals surface area contributed by atoms with Crippen LogP contribution in [0, 0.1) is 13.8 Å². The number of benzene rings is 2. The predicted octanol–water partition coefficient (Wildman–Crippen LogP) is 4.68. The second-order valence-corrected chi connectivity index (χ2v) is 9.27. The Labute approximate surface area is 148 Å². The summed E-state index contributed by atoms with van der Waals surface area (Å²) in [4.78, 5) is 2.60. The van der Waals surface area contributed by atoms with Crippen molar-refractivity contribution in [3.63, 3.8) is 0 Å². The van der Waals surface area contributed by atoms with Gasteiger partial charge in [-0.25, -0.2) is 13.1 Å². The third-order valence-corrected chi connectivity index (χ3v) is 7.09. The monoisotopic (exact) mass is 361 g/mol. The lowest BCUT2D eigenvalue weighted by molar-refractivity contribution is 0.552. The van der Waals surface area contributed by atoms with Crippen molar-refractivity contribution in [2.75, 3.05) is 0 Å². The normalized spacial score (nSPS) is 15.8. The molecule has 3 rings (SSSR count). The quantitative estimate of drug-likeness (QED) is 0.841. The van der Waals surface area contributed by atoms with Gasteiger partial charge in [-0.15, -0.1) is 0 Å². The van der Waals surface area contributed by atoms with E-state index in [-0.39, 0.29) is 6.04 Å². The minimum absolute atomic E-state index is 0.0963. The highest BCUT2D eigenvalue weighted by atomic mass is 32.2. The van der Waals surface area contributed by atoms with Crippen LogP contribution in [0.15, 0.2) is 57.2 Å². The van der Waals surface area contributed by atoms with Gasteiger partial charge in [-0.3, -0.25) is 0 Å². The van der Waals surface area contributed by atoms with Crippen molar-refractivity contribution in [2.24, 2.45) is 0 Å². The Kier molecular flexibility index (Phi) is 5.33. The molecular weight excluding hydrogens is 338 g/mol. The zero-order valence-electron chi connectivity index (χ0n) is 14.1. The first-order chi connectivity index (χ1) is 11.4. The summed E-state index contributed by atoms with van der Waals surface area (Å²) in [5.41, 5.74) is 2.45. The van der Waals surface area contributed by atoms with E-state index in [2.05, 4.69) is 36.8 Å². The molecule has 0 amide bonds. The summed E-state index contributed by atoms with van der Waals surface area (Å²) in [6.45, 7) is 4.17. The molecule has 1 N–H and O–H groups in total. The molecule has 0 spiro atoms. The smallest absolute Gasteiger partial charge is 0.208 e. The van der Waals surface area contributed by atoms with Crippen molar-refractivity contribution in [1.29, 1.82) is 0 Å². The second kappa shape index (κ2) is 7.30. The maximum absolute atomic E-state index is 12.4. The summed E-state index contributed by atoms with van der Waals surface area (Å²) < 4.78 is 27.7. The predicted molar refractivity (Wildman–Crippen MR) is 99.1 cm³/mol. The van der Waals surface area contributed by atoms with Crippen LogP contribution >= 0.6 is 11.8 Å². The SMILES string of the molecule is Cc1ccc(C)c(Sc2ccc(S(=O)(=O)NC3CCCC3)cc2)c1. The largest absolute Gasteiger partial charge is 0.240 e. The topological polar surface area (TPSA) is 46.2 Å². The third kappa shape index (κ3) is 4.21. The minimum Gasteiger partial charge on any atom is -0.208 e. The summed E-state index contributed by atoms with van der Waals surface area (Å²) >= 11 is 1.67. The fourth-order valence-corrected chi connectivity index (χ4v) is 5.27. The van der Waals surface area contributed by atoms with Crippen LogP contribution < -0.4 is 4.72 Å². The highest BCUT2D eigenvalue weighted by molar-refractivity contribution is 7.99. The molecule has 5 heteroatoms. The summed E-state index contributed by atoms with van der Waals surface area (Å²) in [6, 6.07) is 13.6. The van der Waals surface area contributed by atoms with Crippen LogP contribution in [0.1, 0.15) is 36.8 Å². The standard InChI is InChI=1S/C19H23NO2S2/c1-14-7-8-15(2)19(13-14)23-17-9-11-18(12-10-17)24(21,22)20-16-5-3-4-6-16/h7-13,16,20H,3-6H2,1-2H3. The molecule has 2 aromatic carbocycles. The van der Waals surface area contributed by atoms with Gasteiger partial charge in [0.2, 0.25) is 10.0 Å². The van der Waals surface area contributed by atoms with Gasteiger partial charge in [0.05, 0.1) is 4.90 Å². The summed E-state index contributed by atoms with van der Waals surface area (Å²) in [7, 11) is -3.41. The molecule has 0 radical (unpaired) electrons. The average molecular weight is 362 g/mol. The zero-order valence-corrected chi connectivity index (χ0v) is 15.7. The van der Waals surface area contributed by atoms with Gasteiger partial charge in [0.25, 0.3) is 0 Å². The molecule has 2 aromatic rings. The number of hydrogen-bond acceptors (Lipinski definition) is 3. The first-order valence-electron chi connectivity index (χ1n) is 8.31. The van der Waals surface area contributed by atoms with Crippen molar-refractivity contribution in [3.05, 3.63) is 53.6 Å². The fraction of sp³-hybridized carbons (Fsp3) is 0.368. The minimum atomic E-state index is -3.41. The van der Waals surface area contributed by atoms with E-state index in [1.165, 1.54) is 16.0 Å². The van der Waals surface area contributed by atoms with Crippen molar-refractivity contribution < 1.29 is 8.42 Å². The first-order valence-corrected chi connectivity index (χ1v) is 10.6. The lowest BCUT2D eigenvalue weighted by Crippen LogP contribution is -2.32. The maximum Gasteiger partial charge on any atom is 0.240 e. The van der Waals surface area contributed by atoms with E-state index in [0.29, 0.717) is 4.90 Å². The second-order valence-electron chi connectivity index (χ2n) is 6.45. The van der Waals surface area contributed by atoms with Gasteiger partial charge < -0.3 is 0 Å². The maximum atomic E-state index is 12.4. The molecule has 3 nitrogen and oxygen atoms in total. The highest BCUT2D eigenvalue weighted by Crippen LogP contribution is 2.31. The molecule has 0 bridgehead atoms. The van der Waals surface area contributed by atoms with Crippen molar-refractivity contribution in [2.45, 2.75) is 60.3 Å². The number of rotatable bonds is 5. The summed E-state index contributed by atoms with van der Waals surface area (Å²) in [6.07, 6.45) is 4.11. The number of sulfonamides is 1. The Bertz CT molecular complexity index is 808. The molecule has 128 valence electrons. The fourth-order valence-electron chi connectivity index (χ4n) is 2.96. The van der Waals surface area contributed by atoms with Crippen molar-refractivity contribution in [3.8, 4) is 0 Å². The molecule has 0 aliphatic heterocycles. The van der Waals surface area contributed by atoms with E-state index in [1.807, 2.05) is 12.1 Å². The lowest BCUT2D eigenvalue weighted by Gasteiger charge is -2.13. The molecular formula is C19H23NO2S2. The van der Waals surface area contributed by atoms with Crippen LogP contribution in [0.2, 0.25) is 0 Å². The molecule has 1 saturated carbocycles. The summed E-state index contributed by atoms with van der Waals surface area (Å²) in [5.74, 6) is 0. The molecule has 1 aliphatic rings. The van der Waals surface area contributed by atoms with Crippen molar-refractivity contribution in [1.82, 2.24) is 4.72 Å². The summed E-state index contributed by atoms with van der Waals surface area (Å²) in [5, 5.41) is 0. The Morgan fingerprint density at radius 3 is 2.33 bits per heavy atom. The molecule has 0 aromatic heterocycles. The van der Waals surface area contributed by atoms with E-state index in [4.69, 9.17) is 0 Å². The van der Waals surface area contributed by atoms with Crippen LogP contribution in [0.4, 0.5) is 0 Å². The molecule has 0 heterocycles.